The zero-order valence-electron chi connectivity index (χ0n) is 17.7. The lowest BCUT2D eigenvalue weighted by Crippen LogP contribution is -2.03. The minimum absolute atomic E-state index is 0.730. The molecule has 0 saturated heterocycles. The molecule has 37 heavy (non-hydrogen) atoms. The molecular formula is C6H30O24P6S. The van der Waals surface area contributed by atoms with Crippen molar-refractivity contribution in [1.82, 2.24) is 0 Å². The summed E-state index contributed by atoms with van der Waals surface area (Å²) in [7, 11) is -27.8. The van der Waals surface area contributed by atoms with E-state index < -0.39 is 46.9 Å². The SMILES string of the molecule is O=P(O)(O)O.O=P(O)(O)O.O=P(O)(O)O.O=P(O)(O)O.O=P(O)(O)O.O=P(O)(O)O.SC1CCCCC1. The van der Waals surface area contributed by atoms with E-state index in [9.17, 15) is 0 Å². The Morgan fingerprint density at radius 3 is 0.514 bits per heavy atom. The van der Waals surface area contributed by atoms with Gasteiger partial charge in [0, 0.05) is 5.25 Å². The Balaban J connectivity index is -0.0000000762. The number of hydrogen-bond donors (Lipinski definition) is 19. The summed E-state index contributed by atoms with van der Waals surface area (Å²) < 4.78 is 53.3. The van der Waals surface area contributed by atoms with Gasteiger partial charge in [0.1, 0.15) is 0 Å². The molecule has 1 rings (SSSR count). The summed E-state index contributed by atoms with van der Waals surface area (Å²) in [5.41, 5.74) is 0. The molecule has 0 bridgehead atoms. The largest absolute Gasteiger partial charge is 0.466 e. The van der Waals surface area contributed by atoms with Crippen molar-refractivity contribution < 1.29 is 115 Å². The van der Waals surface area contributed by atoms with Crippen LogP contribution in [0, 0.1) is 0 Å². The fraction of sp³-hybridized carbons (Fsp3) is 1.00. The van der Waals surface area contributed by atoms with Gasteiger partial charge in [-0.15, -0.1) is 0 Å². The normalized spacial score (nSPS) is 14.4. The van der Waals surface area contributed by atoms with E-state index in [1.165, 1.54) is 32.1 Å². The number of phosphoric acid groups is 6. The van der Waals surface area contributed by atoms with Crippen LogP contribution in [0.4, 0.5) is 0 Å². The van der Waals surface area contributed by atoms with E-state index >= 15 is 0 Å². The van der Waals surface area contributed by atoms with Crippen molar-refractivity contribution in [3.05, 3.63) is 0 Å². The van der Waals surface area contributed by atoms with Gasteiger partial charge in [0.2, 0.25) is 0 Å². The highest BCUT2D eigenvalue weighted by Crippen LogP contribution is 2.28. The Labute approximate surface area is 212 Å². The Hall–Kier alpha value is 1.01. The summed E-state index contributed by atoms with van der Waals surface area (Å²) >= 11 is 4.36. The van der Waals surface area contributed by atoms with E-state index in [0.717, 1.165) is 5.25 Å². The molecule has 0 aromatic rings. The minimum Gasteiger partial charge on any atom is -0.303 e. The molecule has 1 saturated carbocycles. The molecule has 0 aliphatic heterocycles. The molecule has 0 atom stereocenters. The quantitative estimate of drug-likeness (QED) is 0.0866. The van der Waals surface area contributed by atoms with Crippen molar-refractivity contribution in [3.63, 3.8) is 0 Å². The first-order chi connectivity index (χ1) is 15.4. The molecule has 0 unspecified atom stereocenters. The Bertz CT molecular complexity index is 597. The van der Waals surface area contributed by atoms with Crippen LogP contribution in [0.5, 0.6) is 0 Å². The van der Waals surface area contributed by atoms with Crippen LogP contribution >= 0.6 is 59.6 Å². The average molecular weight is 704 g/mol. The van der Waals surface area contributed by atoms with E-state index in [4.69, 9.17) is 115 Å². The van der Waals surface area contributed by atoms with E-state index in [-0.39, 0.29) is 0 Å². The lowest BCUT2D eigenvalue weighted by Gasteiger charge is -2.14. The third-order valence-electron chi connectivity index (χ3n) is 1.57. The van der Waals surface area contributed by atoms with Gasteiger partial charge in [0.15, 0.2) is 0 Å². The molecule has 0 aromatic carbocycles. The van der Waals surface area contributed by atoms with Gasteiger partial charge in [0.25, 0.3) is 0 Å². The fourth-order valence-electron chi connectivity index (χ4n) is 1.08. The molecule has 1 fully saturated rings. The maximum absolute atomic E-state index is 8.88. The molecule has 234 valence electrons. The van der Waals surface area contributed by atoms with Crippen molar-refractivity contribution in [3.8, 4) is 0 Å². The summed E-state index contributed by atoms with van der Waals surface area (Å²) in [5.74, 6) is 0. The molecule has 0 aromatic heterocycles. The highest BCUT2D eigenvalue weighted by atomic mass is 32.1. The summed E-state index contributed by atoms with van der Waals surface area (Å²) in [6, 6.07) is 0. The van der Waals surface area contributed by atoms with Crippen LogP contribution < -0.4 is 0 Å². The lowest BCUT2D eigenvalue weighted by molar-refractivity contribution is 0.272. The van der Waals surface area contributed by atoms with Gasteiger partial charge in [0.05, 0.1) is 0 Å². The molecule has 0 amide bonds. The van der Waals surface area contributed by atoms with Crippen molar-refractivity contribution in [2.45, 2.75) is 37.4 Å². The lowest BCUT2D eigenvalue weighted by atomic mass is 10.0. The molecule has 24 nitrogen and oxygen atoms in total. The molecule has 0 heterocycles. The number of rotatable bonds is 0. The van der Waals surface area contributed by atoms with Crippen molar-refractivity contribution in [2.24, 2.45) is 0 Å². The zero-order chi connectivity index (χ0) is 32.1. The molecule has 1 aliphatic carbocycles. The highest BCUT2D eigenvalue weighted by molar-refractivity contribution is 7.80. The summed E-state index contributed by atoms with van der Waals surface area (Å²) in [4.78, 5) is 129. The van der Waals surface area contributed by atoms with E-state index in [2.05, 4.69) is 12.6 Å². The summed E-state index contributed by atoms with van der Waals surface area (Å²) in [6.45, 7) is 0. The van der Waals surface area contributed by atoms with Crippen LogP contribution in [0.1, 0.15) is 32.1 Å². The Kier molecular flexibility index (Phi) is 32.5. The molecule has 0 spiro atoms. The van der Waals surface area contributed by atoms with E-state index in [0.29, 0.717) is 0 Å². The van der Waals surface area contributed by atoms with Gasteiger partial charge in [-0.3, -0.25) is 0 Å². The molecule has 1 aliphatic rings. The van der Waals surface area contributed by atoms with Gasteiger partial charge in [-0.1, -0.05) is 19.3 Å². The second-order valence-corrected chi connectivity index (χ2v) is 12.3. The van der Waals surface area contributed by atoms with Crippen LogP contribution in [0.3, 0.4) is 0 Å². The van der Waals surface area contributed by atoms with Crippen LogP contribution in [-0.4, -0.2) is 93.3 Å². The predicted molar refractivity (Wildman–Crippen MR) is 121 cm³/mol. The zero-order valence-corrected chi connectivity index (χ0v) is 24.0. The Morgan fingerprint density at radius 2 is 0.459 bits per heavy atom. The first kappa shape index (κ1) is 50.8. The third-order valence-corrected chi connectivity index (χ3v) is 2.09. The topological polar surface area (TPSA) is 467 Å². The van der Waals surface area contributed by atoms with E-state index in [1.54, 1.807) is 0 Å². The van der Waals surface area contributed by atoms with Gasteiger partial charge in [-0.25, -0.2) is 27.4 Å². The van der Waals surface area contributed by atoms with E-state index in [1.807, 2.05) is 0 Å². The van der Waals surface area contributed by atoms with Crippen LogP contribution in [-0.2, 0) is 27.4 Å². The molecule has 0 radical (unpaired) electrons. The van der Waals surface area contributed by atoms with Crippen LogP contribution in [0.25, 0.3) is 0 Å². The maximum atomic E-state index is 8.88. The smallest absolute Gasteiger partial charge is 0.303 e. The number of hydrogen-bond acceptors (Lipinski definition) is 7. The number of thiol groups is 1. The predicted octanol–water partition coefficient (Wildman–Crippen LogP) is -3.32. The van der Waals surface area contributed by atoms with Crippen molar-refractivity contribution in [2.75, 3.05) is 0 Å². The maximum Gasteiger partial charge on any atom is 0.466 e. The highest BCUT2D eigenvalue weighted by Gasteiger charge is 2.07. The van der Waals surface area contributed by atoms with Crippen molar-refractivity contribution >= 4 is 59.6 Å². The molecule has 31 heteroatoms. The molecule has 18 N–H and O–H groups in total. The first-order valence-corrected chi connectivity index (χ1v) is 17.7. The van der Waals surface area contributed by atoms with Gasteiger partial charge < -0.3 is 88.1 Å². The minimum atomic E-state index is -4.64. The van der Waals surface area contributed by atoms with Crippen molar-refractivity contribution in [1.29, 1.82) is 0 Å². The first-order valence-electron chi connectivity index (χ1n) is 7.77. The van der Waals surface area contributed by atoms with Crippen LogP contribution in [0.2, 0.25) is 0 Å². The van der Waals surface area contributed by atoms with Crippen LogP contribution in [0.15, 0.2) is 0 Å². The second kappa shape index (κ2) is 23.7. The van der Waals surface area contributed by atoms with Gasteiger partial charge >= 0.3 is 46.9 Å². The average Bonchev–Trinajstić information content (AvgIpc) is 2.36. The third kappa shape index (κ3) is 559. The monoisotopic (exact) mass is 704 g/mol. The van der Waals surface area contributed by atoms with Gasteiger partial charge in [-0.2, -0.15) is 12.6 Å². The Morgan fingerprint density at radius 1 is 0.351 bits per heavy atom. The summed E-state index contributed by atoms with van der Waals surface area (Å²) in [5, 5.41) is 0.730. The summed E-state index contributed by atoms with van der Waals surface area (Å²) in [6.07, 6.45) is 6.96. The van der Waals surface area contributed by atoms with Gasteiger partial charge in [-0.05, 0) is 12.8 Å². The second-order valence-electron chi connectivity index (χ2n) is 5.37. The molecular weight excluding hydrogens is 674 g/mol. The fourth-order valence-corrected chi connectivity index (χ4v) is 1.45. The standard InChI is InChI=1S/C6H12S.6H3O4P/c7-6-4-2-1-3-5-6;6*1-5(2,3)4/h6-7H,1-5H2;6*(H3,1,2,3,4).